The van der Waals surface area contributed by atoms with E-state index >= 15 is 0 Å². The van der Waals surface area contributed by atoms with Crippen molar-refractivity contribution < 1.29 is 9.53 Å². The number of rotatable bonds is 28. The summed E-state index contributed by atoms with van der Waals surface area (Å²) in [5.41, 5.74) is 2.28. The molecule has 1 N–H and O–H groups in total. The van der Waals surface area contributed by atoms with Crippen LogP contribution in [-0.2, 0) is 16.1 Å². The predicted octanol–water partition coefficient (Wildman–Crippen LogP) is 12.2. The van der Waals surface area contributed by atoms with E-state index < -0.39 is 0 Å². The van der Waals surface area contributed by atoms with Crippen molar-refractivity contribution >= 4 is 11.7 Å². The van der Waals surface area contributed by atoms with Gasteiger partial charge in [-0.1, -0.05) is 162 Å². The summed E-state index contributed by atoms with van der Waals surface area (Å²) in [5, 5.41) is 3.83. The molecule has 0 heterocycles. The van der Waals surface area contributed by atoms with Crippen molar-refractivity contribution in [1.82, 2.24) is 0 Å². The van der Waals surface area contributed by atoms with Gasteiger partial charge in [-0.3, -0.25) is 4.79 Å². The van der Waals surface area contributed by atoms with Gasteiger partial charge in [-0.05, 0) is 43.4 Å². The van der Waals surface area contributed by atoms with E-state index in [1.807, 2.05) is 0 Å². The minimum absolute atomic E-state index is 0.0143. The van der Waals surface area contributed by atoms with Gasteiger partial charge in [-0.2, -0.15) is 0 Å². The number of hydrogen-bond donors (Lipinski definition) is 1. The highest BCUT2D eigenvalue weighted by Gasteiger charge is 2.19. The molecule has 0 saturated heterocycles. The average molecular weight is 558 g/mol. The first-order valence-corrected chi connectivity index (χ1v) is 17.7. The molecule has 0 bridgehead atoms. The Morgan fingerprint density at radius 3 is 1.43 bits per heavy atom. The zero-order chi connectivity index (χ0) is 29.1. The SMILES string of the molecule is CCCCCCCC(CCCCCCC)Nc1ccc(COC(=O)C(CCCCCC)CCCCCCC)cc1. The number of ether oxygens (including phenoxy) is 1. The Labute approximate surface area is 250 Å². The van der Waals surface area contributed by atoms with E-state index in [9.17, 15) is 4.79 Å². The Hall–Kier alpha value is -1.51. The van der Waals surface area contributed by atoms with Gasteiger partial charge >= 0.3 is 5.97 Å². The number of carbonyl (C=O) groups excluding carboxylic acids is 1. The Balaban J connectivity index is 2.57. The lowest BCUT2D eigenvalue weighted by atomic mass is 9.94. The normalized spacial score (nSPS) is 12.1. The zero-order valence-electron chi connectivity index (χ0n) is 27.3. The zero-order valence-corrected chi connectivity index (χ0v) is 27.3. The number of anilines is 1. The molecule has 1 rings (SSSR count). The van der Waals surface area contributed by atoms with E-state index in [1.54, 1.807) is 0 Å². The maximum Gasteiger partial charge on any atom is 0.309 e. The van der Waals surface area contributed by atoms with Gasteiger partial charge in [0.05, 0.1) is 5.92 Å². The van der Waals surface area contributed by atoms with E-state index in [4.69, 9.17) is 4.74 Å². The second kappa shape index (κ2) is 26.4. The largest absolute Gasteiger partial charge is 0.461 e. The van der Waals surface area contributed by atoms with Crippen LogP contribution in [-0.4, -0.2) is 12.0 Å². The lowest BCUT2D eigenvalue weighted by Gasteiger charge is -2.20. The number of unbranched alkanes of at least 4 members (excludes halogenated alkanes) is 15. The topological polar surface area (TPSA) is 38.3 Å². The molecule has 40 heavy (non-hydrogen) atoms. The molecule has 0 aliphatic heterocycles. The fourth-order valence-electron chi connectivity index (χ4n) is 5.67. The molecule has 0 spiro atoms. The molecule has 1 aromatic rings. The van der Waals surface area contributed by atoms with Gasteiger partial charge in [0.15, 0.2) is 0 Å². The minimum atomic E-state index is 0.0143. The summed E-state index contributed by atoms with van der Waals surface area (Å²) in [7, 11) is 0. The summed E-state index contributed by atoms with van der Waals surface area (Å²) in [4.78, 5) is 13.0. The molecule has 3 heteroatoms. The third kappa shape index (κ3) is 19.5. The summed E-state index contributed by atoms with van der Waals surface area (Å²) >= 11 is 0. The third-order valence-corrected chi connectivity index (χ3v) is 8.41. The first-order chi connectivity index (χ1) is 19.6. The van der Waals surface area contributed by atoms with Crippen LogP contribution in [0.4, 0.5) is 5.69 Å². The molecule has 0 amide bonds. The van der Waals surface area contributed by atoms with Crippen molar-refractivity contribution in [3.05, 3.63) is 29.8 Å². The molecular formula is C37H67NO2. The summed E-state index contributed by atoms with van der Waals surface area (Å²) < 4.78 is 5.86. The van der Waals surface area contributed by atoms with Crippen molar-refractivity contribution in [2.24, 2.45) is 5.92 Å². The molecule has 0 aliphatic rings. The minimum Gasteiger partial charge on any atom is -0.461 e. The van der Waals surface area contributed by atoms with Crippen LogP contribution in [0.15, 0.2) is 24.3 Å². The molecule has 1 atom stereocenters. The van der Waals surface area contributed by atoms with E-state index in [0.29, 0.717) is 12.6 Å². The molecule has 0 aromatic heterocycles. The fourth-order valence-corrected chi connectivity index (χ4v) is 5.67. The highest BCUT2D eigenvalue weighted by molar-refractivity contribution is 5.72. The lowest BCUT2D eigenvalue weighted by Crippen LogP contribution is -2.19. The van der Waals surface area contributed by atoms with Crippen LogP contribution in [0.1, 0.15) is 181 Å². The summed E-state index contributed by atoms with van der Waals surface area (Å²) in [5.74, 6) is 0.0789. The van der Waals surface area contributed by atoms with Gasteiger partial charge in [0, 0.05) is 11.7 Å². The summed E-state index contributed by atoms with van der Waals surface area (Å²) in [6.45, 7) is 9.45. The Bertz CT molecular complexity index is 672. The van der Waals surface area contributed by atoms with Gasteiger partial charge in [-0.25, -0.2) is 0 Å². The highest BCUT2D eigenvalue weighted by atomic mass is 16.5. The van der Waals surface area contributed by atoms with Crippen molar-refractivity contribution in [2.45, 2.75) is 188 Å². The smallest absolute Gasteiger partial charge is 0.309 e. The van der Waals surface area contributed by atoms with Crippen LogP contribution in [0.3, 0.4) is 0 Å². The van der Waals surface area contributed by atoms with Crippen molar-refractivity contribution in [1.29, 1.82) is 0 Å². The van der Waals surface area contributed by atoms with Crippen LogP contribution in [0, 0.1) is 5.92 Å². The molecule has 1 unspecified atom stereocenters. The van der Waals surface area contributed by atoms with Crippen LogP contribution in [0.2, 0.25) is 0 Å². The molecule has 1 aromatic carbocycles. The van der Waals surface area contributed by atoms with Crippen molar-refractivity contribution in [3.63, 3.8) is 0 Å². The maximum absolute atomic E-state index is 13.0. The molecule has 0 fully saturated rings. The summed E-state index contributed by atoms with van der Waals surface area (Å²) in [6, 6.07) is 9.19. The maximum atomic E-state index is 13.0. The molecule has 232 valence electrons. The fraction of sp³-hybridized carbons (Fsp3) is 0.811. The predicted molar refractivity (Wildman–Crippen MR) is 176 cm³/mol. The number of hydrogen-bond acceptors (Lipinski definition) is 3. The van der Waals surface area contributed by atoms with E-state index in [0.717, 1.165) is 31.2 Å². The Kier molecular flexibility index (Phi) is 24.1. The lowest BCUT2D eigenvalue weighted by molar-refractivity contribution is -0.150. The van der Waals surface area contributed by atoms with Gasteiger partial charge in [-0.15, -0.1) is 0 Å². The van der Waals surface area contributed by atoms with Gasteiger partial charge in [0.2, 0.25) is 0 Å². The molecule has 0 saturated carbocycles. The molecule has 0 radical (unpaired) electrons. The highest BCUT2D eigenvalue weighted by Crippen LogP contribution is 2.22. The first kappa shape index (κ1) is 36.5. The molecule has 0 aliphatic carbocycles. The third-order valence-electron chi connectivity index (χ3n) is 8.41. The second-order valence-corrected chi connectivity index (χ2v) is 12.3. The quantitative estimate of drug-likeness (QED) is 0.0822. The van der Waals surface area contributed by atoms with E-state index in [-0.39, 0.29) is 11.9 Å². The first-order valence-electron chi connectivity index (χ1n) is 17.7. The van der Waals surface area contributed by atoms with Gasteiger partial charge in [0.1, 0.15) is 6.61 Å². The van der Waals surface area contributed by atoms with Crippen LogP contribution < -0.4 is 5.32 Å². The van der Waals surface area contributed by atoms with Crippen LogP contribution >= 0.6 is 0 Å². The standard InChI is InChI=1S/C37H67NO2/c1-5-9-13-17-21-25-34(24-20-16-12-8-4)37(39)40-32-33-28-30-36(31-29-33)38-35(26-22-18-14-10-6-2)27-23-19-15-11-7-3/h28-31,34-35,38H,5-27,32H2,1-4H3. The number of carbonyl (C=O) groups is 1. The Morgan fingerprint density at radius 2 is 0.975 bits per heavy atom. The van der Waals surface area contributed by atoms with Gasteiger partial charge < -0.3 is 10.1 Å². The van der Waals surface area contributed by atoms with Crippen molar-refractivity contribution in [2.75, 3.05) is 5.32 Å². The number of nitrogens with one attached hydrogen (secondary N) is 1. The molecular weight excluding hydrogens is 490 g/mol. The average Bonchev–Trinajstić information content (AvgIpc) is 2.97. The summed E-state index contributed by atoms with van der Waals surface area (Å²) in [6.07, 6.45) is 29.0. The van der Waals surface area contributed by atoms with Crippen LogP contribution in [0.25, 0.3) is 0 Å². The number of benzene rings is 1. The van der Waals surface area contributed by atoms with Gasteiger partial charge in [0.25, 0.3) is 0 Å². The Morgan fingerprint density at radius 1 is 0.575 bits per heavy atom. The molecule has 3 nitrogen and oxygen atoms in total. The van der Waals surface area contributed by atoms with E-state index in [1.165, 1.54) is 128 Å². The van der Waals surface area contributed by atoms with E-state index in [2.05, 4.69) is 57.3 Å². The van der Waals surface area contributed by atoms with Crippen LogP contribution in [0.5, 0.6) is 0 Å². The monoisotopic (exact) mass is 558 g/mol. The van der Waals surface area contributed by atoms with Crippen molar-refractivity contribution in [3.8, 4) is 0 Å². The number of esters is 1. The second-order valence-electron chi connectivity index (χ2n) is 12.3.